The number of rotatable bonds is 3. The summed E-state index contributed by atoms with van der Waals surface area (Å²) in [6.07, 6.45) is 3.86. The van der Waals surface area contributed by atoms with Crippen molar-refractivity contribution in [2.75, 3.05) is 13.2 Å². The fourth-order valence-electron chi connectivity index (χ4n) is 2.34. The second-order valence-electron chi connectivity index (χ2n) is 4.63. The van der Waals surface area contributed by atoms with E-state index in [-0.39, 0.29) is 18.6 Å². The van der Waals surface area contributed by atoms with Crippen LogP contribution in [0.15, 0.2) is 0 Å². The topological polar surface area (TPSA) is 52.6 Å². The molecule has 2 unspecified atom stereocenters. The van der Waals surface area contributed by atoms with Gasteiger partial charge >= 0.3 is 0 Å². The summed E-state index contributed by atoms with van der Waals surface area (Å²) in [7, 11) is 0. The van der Waals surface area contributed by atoms with Gasteiger partial charge in [-0.3, -0.25) is 4.79 Å². The second kappa shape index (κ2) is 4.49. The molecule has 2 aliphatic rings. The molecule has 86 valence electrons. The van der Waals surface area contributed by atoms with Crippen molar-refractivity contribution >= 4 is 5.91 Å². The summed E-state index contributed by atoms with van der Waals surface area (Å²) >= 11 is 0. The highest BCUT2D eigenvalue weighted by Crippen LogP contribution is 2.31. The maximum atomic E-state index is 12.2. The number of hydrogen-bond acceptors (Lipinski definition) is 3. The smallest absolute Gasteiger partial charge is 0.240 e. The quantitative estimate of drug-likeness (QED) is 0.698. The van der Waals surface area contributed by atoms with Gasteiger partial charge in [0.05, 0.1) is 6.04 Å². The third kappa shape index (κ3) is 2.32. The molecule has 2 N–H and O–H groups in total. The van der Waals surface area contributed by atoms with Gasteiger partial charge < -0.3 is 15.3 Å². The molecule has 1 aliphatic carbocycles. The Balaban J connectivity index is 2.07. The number of aliphatic hydroxyl groups is 1. The van der Waals surface area contributed by atoms with E-state index in [2.05, 4.69) is 12.2 Å². The Morgan fingerprint density at radius 2 is 2.20 bits per heavy atom. The summed E-state index contributed by atoms with van der Waals surface area (Å²) in [6, 6.07) is 0.662. The van der Waals surface area contributed by atoms with Gasteiger partial charge in [0.2, 0.25) is 5.91 Å². The van der Waals surface area contributed by atoms with E-state index in [1.165, 1.54) is 0 Å². The molecule has 1 heterocycles. The van der Waals surface area contributed by atoms with Gasteiger partial charge in [-0.2, -0.15) is 0 Å². The number of carbonyl (C=O) groups excluding carboxylic acids is 1. The van der Waals surface area contributed by atoms with Crippen molar-refractivity contribution in [1.29, 1.82) is 0 Å². The van der Waals surface area contributed by atoms with E-state index in [4.69, 9.17) is 5.11 Å². The Hall–Kier alpha value is -0.610. The average molecular weight is 212 g/mol. The van der Waals surface area contributed by atoms with E-state index in [0.717, 1.165) is 25.8 Å². The van der Waals surface area contributed by atoms with Crippen LogP contribution < -0.4 is 5.32 Å². The summed E-state index contributed by atoms with van der Waals surface area (Å²) < 4.78 is 0. The molecule has 0 aromatic carbocycles. The standard InChI is InChI=1S/C11H20N2O2/c1-8-4-6-12-10(5-7-14)11(15)13(8)9-2-3-9/h8-10,12,14H,2-7H2,1H3. The Morgan fingerprint density at radius 1 is 1.47 bits per heavy atom. The predicted octanol–water partition coefficient (Wildman–Crippen LogP) is 0.110. The van der Waals surface area contributed by atoms with Crippen LogP contribution in [0, 0.1) is 0 Å². The largest absolute Gasteiger partial charge is 0.396 e. The SMILES string of the molecule is CC1CCNC(CCO)C(=O)N1C1CC1. The minimum atomic E-state index is -0.166. The lowest BCUT2D eigenvalue weighted by molar-refractivity contribution is -0.135. The summed E-state index contributed by atoms with van der Waals surface area (Å²) in [5, 5.41) is 12.1. The maximum absolute atomic E-state index is 12.2. The number of amides is 1. The zero-order chi connectivity index (χ0) is 10.8. The molecule has 0 bridgehead atoms. The van der Waals surface area contributed by atoms with Crippen LogP contribution in [0.3, 0.4) is 0 Å². The van der Waals surface area contributed by atoms with Crippen LogP contribution in [-0.2, 0) is 4.79 Å². The second-order valence-corrected chi connectivity index (χ2v) is 4.63. The lowest BCUT2D eigenvalue weighted by Crippen LogP contribution is -2.47. The van der Waals surface area contributed by atoms with E-state index in [0.29, 0.717) is 18.5 Å². The minimum Gasteiger partial charge on any atom is -0.396 e. The van der Waals surface area contributed by atoms with Crippen LogP contribution in [0.25, 0.3) is 0 Å². The van der Waals surface area contributed by atoms with Gasteiger partial charge in [-0.1, -0.05) is 0 Å². The summed E-state index contributed by atoms with van der Waals surface area (Å²) in [5.74, 6) is 0.191. The molecule has 1 aliphatic heterocycles. The van der Waals surface area contributed by atoms with Crippen molar-refractivity contribution < 1.29 is 9.90 Å². The molecule has 4 heteroatoms. The number of hydrogen-bond donors (Lipinski definition) is 2. The number of aliphatic hydroxyl groups excluding tert-OH is 1. The third-order valence-electron chi connectivity index (χ3n) is 3.34. The number of nitrogens with zero attached hydrogens (tertiary/aromatic N) is 1. The van der Waals surface area contributed by atoms with Crippen molar-refractivity contribution in [1.82, 2.24) is 10.2 Å². The molecule has 1 saturated heterocycles. The lowest BCUT2D eigenvalue weighted by atomic mass is 10.1. The Kier molecular flexibility index (Phi) is 3.26. The van der Waals surface area contributed by atoms with Gasteiger partial charge in [-0.25, -0.2) is 0 Å². The van der Waals surface area contributed by atoms with Crippen molar-refractivity contribution in [3.05, 3.63) is 0 Å². The van der Waals surface area contributed by atoms with Crippen LogP contribution in [-0.4, -0.2) is 47.2 Å². The first-order chi connectivity index (χ1) is 7.24. The zero-order valence-corrected chi connectivity index (χ0v) is 9.28. The first kappa shape index (κ1) is 10.9. The van der Waals surface area contributed by atoms with Crippen LogP contribution in [0.1, 0.15) is 32.6 Å². The molecule has 4 nitrogen and oxygen atoms in total. The fourth-order valence-corrected chi connectivity index (χ4v) is 2.34. The van der Waals surface area contributed by atoms with Gasteiger partial charge in [-0.15, -0.1) is 0 Å². The lowest BCUT2D eigenvalue weighted by Gasteiger charge is -2.29. The molecule has 0 spiro atoms. The van der Waals surface area contributed by atoms with Crippen LogP contribution >= 0.6 is 0 Å². The molecule has 15 heavy (non-hydrogen) atoms. The Labute approximate surface area is 90.6 Å². The third-order valence-corrected chi connectivity index (χ3v) is 3.34. The predicted molar refractivity (Wildman–Crippen MR) is 57.4 cm³/mol. The van der Waals surface area contributed by atoms with E-state index >= 15 is 0 Å². The zero-order valence-electron chi connectivity index (χ0n) is 9.28. The highest BCUT2D eigenvalue weighted by molar-refractivity contribution is 5.83. The summed E-state index contributed by atoms with van der Waals surface area (Å²) in [5.41, 5.74) is 0. The number of carbonyl (C=O) groups is 1. The van der Waals surface area contributed by atoms with Crippen molar-refractivity contribution in [2.45, 2.75) is 50.7 Å². The molecular weight excluding hydrogens is 192 g/mol. The van der Waals surface area contributed by atoms with E-state index in [1.807, 2.05) is 4.90 Å². The molecule has 2 rings (SSSR count). The van der Waals surface area contributed by atoms with Gasteiger partial charge in [0.25, 0.3) is 0 Å². The van der Waals surface area contributed by atoms with Crippen LogP contribution in [0.5, 0.6) is 0 Å². The fraction of sp³-hybridized carbons (Fsp3) is 0.909. The Morgan fingerprint density at radius 3 is 2.80 bits per heavy atom. The van der Waals surface area contributed by atoms with Crippen molar-refractivity contribution in [3.8, 4) is 0 Å². The summed E-state index contributed by atoms with van der Waals surface area (Å²) in [6.45, 7) is 3.08. The molecule has 2 atom stereocenters. The monoisotopic (exact) mass is 212 g/mol. The van der Waals surface area contributed by atoms with Gasteiger partial charge in [-0.05, 0) is 39.2 Å². The van der Waals surface area contributed by atoms with E-state index in [1.54, 1.807) is 0 Å². The van der Waals surface area contributed by atoms with E-state index in [9.17, 15) is 4.79 Å². The van der Waals surface area contributed by atoms with Crippen molar-refractivity contribution in [2.24, 2.45) is 0 Å². The Bertz CT molecular complexity index is 241. The first-order valence-corrected chi connectivity index (χ1v) is 5.90. The average Bonchev–Trinajstić information content (AvgIpc) is 2.99. The molecule has 2 fully saturated rings. The van der Waals surface area contributed by atoms with Gasteiger partial charge in [0, 0.05) is 18.7 Å². The molecule has 0 aromatic rings. The number of nitrogens with one attached hydrogen (secondary N) is 1. The highest BCUT2D eigenvalue weighted by atomic mass is 16.3. The normalized spacial score (nSPS) is 32.9. The minimum absolute atomic E-state index is 0.0797. The molecule has 1 amide bonds. The van der Waals surface area contributed by atoms with Crippen LogP contribution in [0.4, 0.5) is 0 Å². The molecule has 1 saturated carbocycles. The van der Waals surface area contributed by atoms with E-state index < -0.39 is 0 Å². The van der Waals surface area contributed by atoms with Gasteiger partial charge in [0.15, 0.2) is 0 Å². The highest BCUT2D eigenvalue weighted by Gasteiger charge is 2.39. The summed E-state index contributed by atoms with van der Waals surface area (Å²) in [4.78, 5) is 14.2. The molecule has 0 radical (unpaired) electrons. The van der Waals surface area contributed by atoms with Crippen molar-refractivity contribution in [3.63, 3.8) is 0 Å². The maximum Gasteiger partial charge on any atom is 0.240 e. The van der Waals surface area contributed by atoms with Gasteiger partial charge in [0.1, 0.15) is 0 Å². The molecular formula is C11H20N2O2. The molecule has 0 aromatic heterocycles. The van der Waals surface area contributed by atoms with Crippen LogP contribution in [0.2, 0.25) is 0 Å². The first-order valence-electron chi connectivity index (χ1n) is 5.90.